The molecule has 0 spiro atoms. The highest BCUT2D eigenvalue weighted by atomic mass is 32.2. The van der Waals surface area contributed by atoms with Crippen molar-refractivity contribution in [3.63, 3.8) is 0 Å². The number of benzene rings is 1. The number of aromatic nitrogens is 3. The molecule has 24 heavy (non-hydrogen) atoms. The number of rotatable bonds is 3. The lowest BCUT2D eigenvalue weighted by Gasteiger charge is -2.14. The number of pyridine rings is 1. The Morgan fingerprint density at radius 3 is 2.54 bits per heavy atom. The molecule has 2 heterocycles. The van der Waals surface area contributed by atoms with Crippen molar-refractivity contribution in [2.45, 2.75) is 5.03 Å². The van der Waals surface area contributed by atoms with Gasteiger partial charge in [0, 0.05) is 11.9 Å². The van der Waals surface area contributed by atoms with E-state index in [-0.39, 0.29) is 5.69 Å². The first-order valence-electron chi connectivity index (χ1n) is 6.91. The molecule has 3 aromatic rings. The predicted octanol–water partition coefficient (Wildman–Crippen LogP) is 3.71. The number of nitrogens with zero attached hydrogens (tertiary/aromatic N) is 4. The molecular weight excluding hydrogens is 327 g/mol. The van der Waals surface area contributed by atoms with Gasteiger partial charge in [0.15, 0.2) is 5.82 Å². The Labute approximate surface area is 141 Å². The second-order valence-electron chi connectivity index (χ2n) is 4.74. The molecule has 0 radical (unpaired) electrons. The van der Waals surface area contributed by atoms with Gasteiger partial charge in [0.2, 0.25) is 0 Å². The lowest BCUT2D eigenvalue weighted by Crippen LogP contribution is -2.22. The summed E-state index contributed by atoms with van der Waals surface area (Å²) in [5.74, 6) is -0.103. The normalized spacial score (nSPS) is 10.4. The van der Waals surface area contributed by atoms with Crippen molar-refractivity contribution in [1.29, 1.82) is 0 Å². The summed E-state index contributed by atoms with van der Waals surface area (Å²) in [6.45, 7) is 7.28. The molecule has 0 fully saturated rings. The molecule has 3 rings (SSSR count). The van der Waals surface area contributed by atoms with Crippen LogP contribution >= 0.6 is 11.8 Å². The van der Waals surface area contributed by atoms with Crippen molar-refractivity contribution in [3.8, 4) is 17.2 Å². The van der Waals surface area contributed by atoms with Gasteiger partial charge in [-0.25, -0.2) is 14.2 Å². The highest BCUT2D eigenvalue weighted by Gasteiger charge is 2.19. The van der Waals surface area contributed by atoms with Crippen LogP contribution in [0.1, 0.15) is 0 Å². The zero-order valence-electron chi connectivity index (χ0n) is 12.6. The first-order chi connectivity index (χ1) is 11.7. The highest BCUT2D eigenvalue weighted by Crippen LogP contribution is 2.27. The van der Waals surface area contributed by atoms with Crippen LogP contribution in [0.3, 0.4) is 0 Å². The Balaban J connectivity index is 2.39. The summed E-state index contributed by atoms with van der Waals surface area (Å²) in [7, 11) is 0. The SMILES string of the molecule is [C-]#[N+]c1c(SC)nc(-c2ccccn2)n(-c2ccc(F)cc2)c1=O. The second-order valence-corrected chi connectivity index (χ2v) is 5.53. The van der Waals surface area contributed by atoms with Crippen LogP contribution in [0.4, 0.5) is 10.1 Å². The molecule has 0 bridgehead atoms. The molecule has 0 aliphatic heterocycles. The van der Waals surface area contributed by atoms with Crippen molar-refractivity contribution in [2.24, 2.45) is 0 Å². The first kappa shape index (κ1) is 15.9. The Morgan fingerprint density at radius 1 is 1.21 bits per heavy atom. The summed E-state index contributed by atoms with van der Waals surface area (Å²) in [5.41, 5.74) is 0.348. The van der Waals surface area contributed by atoms with Crippen molar-refractivity contribution in [3.05, 3.63) is 76.2 Å². The molecule has 0 N–H and O–H groups in total. The fraction of sp³-hybridized carbons (Fsp3) is 0.0588. The Morgan fingerprint density at radius 2 is 1.96 bits per heavy atom. The number of thioether (sulfide) groups is 1. The maximum atomic E-state index is 13.2. The van der Waals surface area contributed by atoms with Gasteiger partial charge in [0.1, 0.15) is 16.5 Å². The minimum Gasteiger partial charge on any atom is -0.282 e. The maximum Gasteiger partial charge on any atom is 0.282 e. The predicted molar refractivity (Wildman–Crippen MR) is 91.1 cm³/mol. The monoisotopic (exact) mass is 338 g/mol. The molecule has 0 unspecified atom stereocenters. The zero-order chi connectivity index (χ0) is 17.1. The van der Waals surface area contributed by atoms with Crippen LogP contribution in [-0.2, 0) is 0 Å². The zero-order valence-corrected chi connectivity index (χ0v) is 13.4. The van der Waals surface area contributed by atoms with Crippen LogP contribution in [0, 0.1) is 12.4 Å². The summed E-state index contributed by atoms with van der Waals surface area (Å²) < 4.78 is 14.5. The van der Waals surface area contributed by atoms with Crippen molar-refractivity contribution < 1.29 is 4.39 Å². The van der Waals surface area contributed by atoms with Gasteiger partial charge in [0.25, 0.3) is 11.2 Å². The van der Waals surface area contributed by atoms with Gasteiger partial charge in [-0.05, 0) is 42.7 Å². The third kappa shape index (κ3) is 2.79. The van der Waals surface area contributed by atoms with Crippen LogP contribution in [0.15, 0.2) is 58.5 Å². The topological polar surface area (TPSA) is 52.1 Å². The molecule has 0 aliphatic rings. The second kappa shape index (κ2) is 6.64. The first-order valence-corrected chi connectivity index (χ1v) is 8.14. The van der Waals surface area contributed by atoms with Crippen LogP contribution in [0.2, 0.25) is 0 Å². The van der Waals surface area contributed by atoms with E-state index in [0.29, 0.717) is 22.2 Å². The molecule has 0 amide bonds. The standard InChI is InChI=1S/C17H11FN4OS/c1-19-14-16(24-2)21-15(13-5-3-4-10-20-13)22(17(14)23)12-8-6-11(18)7-9-12/h3-10H,2H3. The molecular formula is C17H11FN4OS. The Hall–Kier alpha value is -2.98. The molecule has 0 aliphatic carbocycles. The molecule has 118 valence electrons. The quantitative estimate of drug-likeness (QED) is 0.415. The average Bonchev–Trinajstić information content (AvgIpc) is 2.62. The van der Waals surface area contributed by atoms with Gasteiger partial charge in [-0.2, -0.15) is 0 Å². The Bertz CT molecular complexity index is 978. The molecule has 7 heteroatoms. The van der Waals surface area contributed by atoms with E-state index in [4.69, 9.17) is 6.57 Å². The number of hydrogen-bond donors (Lipinski definition) is 0. The lowest BCUT2D eigenvalue weighted by atomic mass is 10.2. The largest absolute Gasteiger partial charge is 0.282 e. The summed E-state index contributed by atoms with van der Waals surface area (Å²) in [5, 5.41) is 0.342. The van der Waals surface area contributed by atoms with Gasteiger partial charge in [-0.15, -0.1) is 11.8 Å². The van der Waals surface area contributed by atoms with Gasteiger partial charge in [-0.3, -0.25) is 14.3 Å². The van der Waals surface area contributed by atoms with Crippen molar-refractivity contribution in [2.75, 3.05) is 6.26 Å². The lowest BCUT2D eigenvalue weighted by molar-refractivity contribution is 0.627. The average molecular weight is 338 g/mol. The summed E-state index contributed by atoms with van der Waals surface area (Å²) in [4.78, 5) is 24.8. The van der Waals surface area contributed by atoms with E-state index in [1.807, 2.05) is 0 Å². The van der Waals surface area contributed by atoms with Crippen LogP contribution in [0.25, 0.3) is 22.1 Å². The minimum atomic E-state index is -0.503. The van der Waals surface area contributed by atoms with Gasteiger partial charge in [0.05, 0.1) is 6.57 Å². The summed E-state index contributed by atoms with van der Waals surface area (Å²) in [6, 6.07) is 10.7. The van der Waals surface area contributed by atoms with E-state index in [2.05, 4.69) is 14.8 Å². The summed E-state index contributed by atoms with van der Waals surface area (Å²) >= 11 is 1.22. The van der Waals surface area contributed by atoms with E-state index in [9.17, 15) is 9.18 Å². The van der Waals surface area contributed by atoms with Crippen LogP contribution < -0.4 is 5.56 Å². The van der Waals surface area contributed by atoms with Crippen LogP contribution in [0.5, 0.6) is 0 Å². The fourth-order valence-corrected chi connectivity index (χ4v) is 2.73. The molecule has 1 aromatic carbocycles. The summed E-state index contributed by atoms with van der Waals surface area (Å²) in [6.07, 6.45) is 3.35. The highest BCUT2D eigenvalue weighted by molar-refractivity contribution is 7.98. The van der Waals surface area contributed by atoms with E-state index >= 15 is 0 Å². The van der Waals surface area contributed by atoms with E-state index < -0.39 is 11.4 Å². The molecule has 0 saturated heterocycles. The van der Waals surface area contributed by atoms with Gasteiger partial charge < -0.3 is 0 Å². The minimum absolute atomic E-state index is 0.0634. The van der Waals surface area contributed by atoms with Gasteiger partial charge >= 0.3 is 0 Å². The van der Waals surface area contributed by atoms with E-state index in [1.165, 1.54) is 40.6 Å². The third-order valence-corrected chi connectivity index (χ3v) is 3.98. The van der Waals surface area contributed by atoms with E-state index in [0.717, 1.165) is 0 Å². The van der Waals surface area contributed by atoms with Gasteiger partial charge in [-0.1, -0.05) is 6.07 Å². The van der Waals surface area contributed by atoms with E-state index in [1.54, 1.807) is 30.7 Å². The molecule has 5 nitrogen and oxygen atoms in total. The fourth-order valence-electron chi connectivity index (χ4n) is 2.23. The molecule has 2 aromatic heterocycles. The molecule has 0 saturated carbocycles. The molecule has 0 atom stereocenters. The van der Waals surface area contributed by atoms with Crippen LogP contribution in [-0.4, -0.2) is 20.8 Å². The maximum absolute atomic E-state index is 13.2. The Kier molecular flexibility index (Phi) is 4.40. The number of halogens is 1. The van der Waals surface area contributed by atoms with Crippen molar-refractivity contribution >= 4 is 17.4 Å². The third-order valence-electron chi connectivity index (χ3n) is 3.31. The smallest absolute Gasteiger partial charge is 0.282 e. The number of hydrogen-bond acceptors (Lipinski definition) is 4. The van der Waals surface area contributed by atoms with Crippen molar-refractivity contribution in [1.82, 2.24) is 14.5 Å².